The molecule has 0 N–H and O–H groups in total. The molecule has 5 heteroatoms. The maximum atomic E-state index is 4.65. The van der Waals surface area contributed by atoms with Gasteiger partial charge in [-0.3, -0.25) is 0 Å². The second-order valence-corrected chi connectivity index (χ2v) is 7.83. The van der Waals surface area contributed by atoms with Gasteiger partial charge < -0.3 is 4.90 Å². The quantitative estimate of drug-likeness (QED) is 0.611. The fourth-order valence-corrected chi connectivity index (χ4v) is 4.66. The predicted octanol–water partition coefficient (Wildman–Crippen LogP) is 5.28. The summed E-state index contributed by atoms with van der Waals surface area (Å²) in [5.41, 5.74) is 2.58. The van der Waals surface area contributed by atoms with Crippen LogP contribution in [0.3, 0.4) is 0 Å². The minimum atomic E-state index is 1.02. The molecule has 1 aliphatic heterocycles. The highest BCUT2D eigenvalue weighted by molar-refractivity contribution is 9.10. The Morgan fingerprint density at radius 1 is 1.13 bits per heavy atom. The molecule has 1 saturated heterocycles. The number of aryl methyl sites for hydroxylation is 1. The third-order valence-electron chi connectivity index (χ3n) is 4.40. The Bertz CT molecular complexity index is 835. The molecule has 3 nitrogen and oxygen atoms in total. The lowest BCUT2D eigenvalue weighted by Crippen LogP contribution is -2.19. The monoisotopic (exact) mass is 387 g/mol. The van der Waals surface area contributed by atoms with Crippen LogP contribution >= 0.6 is 27.3 Å². The van der Waals surface area contributed by atoms with E-state index in [0.29, 0.717) is 0 Å². The van der Waals surface area contributed by atoms with Crippen molar-refractivity contribution in [1.82, 2.24) is 9.97 Å². The summed E-state index contributed by atoms with van der Waals surface area (Å²) in [4.78, 5) is 14.1. The third-order valence-corrected chi connectivity index (χ3v) is 6.17. The normalized spacial score (nSPS) is 14.8. The lowest BCUT2D eigenvalue weighted by atomic mass is 10.0. The van der Waals surface area contributed by atoms with E-state index in [0.717, 1.165) is 34.6 Å². The fraction of sp³-hybridized carbons (Fsp3) is 0.333. The first-order valence-electron chi connectivity index (χ1n) is 8.05. The van der Waals surface area contributed by atoms with Crippen molar-refractivity contribution in [2.75, 3.05) is 18.0 Å². The van der Waals surface area contributed by atoms with Crippen LogP contribution in [-0.4, -0.2) is 23.1 Å². The zero-order valence-electron chi connectivity index (χ0n) is 13.1. The first-order chi connectivity index (χ1) is 11.3. The maximum Gasteiger partial charge on any atom is 0.141 e. The van der Waals surface area contributed by atoms with Crippen molar-refractivity contribution in [1.29, 1.82) is 0 Å². The second-order valence-electron chi connectivity index (χ2n) is 5.83. The molecular formula is C18H18BrN3S. The molecule has 4 rings (SSSR count). The van der Waals surface area contributed by atoms with Crippen LogP contribution in [0.25, 0.3) is 21.3 Å². The summed E-state index contributed by atoms with van der Waals surface area (Å²) < 4.78 is 1.11. The molecule has 0 saturated carbocycles. The van der Waals surface area contributed by atoms with Crippen LogP contribution < -0.4 is 4.90 Å². The van der Waals surface area contributed by atoms with Crippen LogP contribution in [0.4, 0.5) is 5.82 Å². The summed E-state index contributed by atoms with van der Waals surface area (Å²) in [5.74, 6) is 1.11. The molecule has 0 atom stereocenters. The minimum Gasteiger partial charge on any atom is -0.356 e. The number of nitrogens with zero attached hydrogens (tertiary/aromatic N) is 3. The van der Waals surface area contributed by atoms with Gasteiger partial charge in [0.1, 0.15) is 17.0 Å². The van der Waals surface area contributed by atoms with Gasteiger partial charge in [0.2, 0.25) is 0 Å². The Morgan fingerprint density at radius 3 is 2.57 bits per heavy atom. The van der Waals surface area contributed by atoms with E-state index in [1.54, 1.807) is 17.7 Å². The number of hydrogen-bond acceptors (Lipinski definition) is 4. The highest BCUT2D eigenvalue weighted by Gasteiger charge is 2.22. The van der Waals surface area contributed by atoms with E-state index < -0.39 is 0 Å². The lowest BCUT2D eigenvalue weighted by molar-refractivity contribution is 0.940. The number of anilines is 1. The molecule has 1 aliphatic rings. The summed E-state index contributed by atoms with van der Waals surface area (Å²) in [5, 5.41) is 1.23. The average Bonchev–Trinajstić information content (AvgIpc) is 3.22. The van der Waals surface area contributed by atoms with Crippen molar-refractivity contribution in [2.24, 2.45) is 0 Å². The Hall–Kier alpha value is -1.46. The van der Waals surface area contributed by atoms with Crippen LogP contribution in [0, 0.1) is 0 Å². The van der Waals surface area contributed by atoms with Crippen molar-refractivity contribution in [3.63, 3.8) is 0 Å². The average molecular weight is 388 g/mol. The van der Waals surface area contributed by atoms with Crippen molar-refractivity contribution < 1.29 is 0 Å². The number of thiophene rings is 1. The Kier molecular flexibility index (Phi) is 4.07. The number of fused-ring (bicyclic) bond motifs is 1. The summed E-state index contributed by atoms with van der Waals surface area (Å²) in [6.45, 7) is 4.42. The molecule has 0 bridgehead atoms. The lowest BCUT2D eigenvalue weighted by Gasteiger charge is -2.18. The molecule has 2 aromatic heterocycles. The van der Waals surface area contributed by atoms with Gasteiger partial charge >= 0.3 is 0 Å². The van der Waals surface area contributed by atoms with E-state index in [-0.39, 0.29) is 0 Å². The van der Waals surface area contributed by atoms with Crippen LogP contribution in [0.15, 0.2) is 35.1 Å². The van der Waals surface area contributed by atoms with E-state index >= 15 is 0 Å². The molecule has 23 heavy (non-hydrogen) atoms. The zero-order valence-corrected chi connectivity index (χ0v) is 15.5. The molecule has 118 valence electrons. The van der Waals surface area contributed by atoms with Crippen molar-refractivity contribution >= 4 is 43.3 Å². The van der Waals surface area contributed by atoms with Gasteiger partial charge in [-0.1, -0.05) is 35.0 Å². The highest BCUT2D eigenvalue weighted by atomic mass is 79.9. The summed E-state index contributed by atoms with van der Waals surface area (Å²) >= 11 is 5.34. The summed E-state index contributed by atoms with van der Waals surface area (Å²) in [6, 6.07) is 8.59. The van der Waals surface area contributed by atoms with Gasteiger partial charge in [0, 0.05) is 28.0 Å². The van der Waals surface area contributed by atoms with Gasteiger partial charge in [-0.25, -0.2) is 9.97 Å². The molecule has 0 amide bonds. The van der Waals surface area contributed by atoms with Gasteiger partial charge in [0.05, 0.1) is 5.39 Å². The first kappa shape index (κ1) is 15.1. The molecule has 0 radical (unpaired) electrons. The van der Waals surface area contributed by atoms with E-state index in [9.17, 15) is 0 Å². The smallest absolute Gasteiger partial charge is 0.141 e. The number of hydrogen-bond donors (Lipinski definition) is 0. The van der Waals surface area contributed by atoms with E-state index in [1.165, 1.54) is 34.2 Å². The predicted molar refractivity (Wildman–Crippen MR) is 101 cm³/mol. The van der Waals surface area contributed by atoms with Gasteiger partial charge in [0.15, 0.2) is 0 Å². The van der Waals surface area contributed by atoms with E-state index in [1.807, 2.05) is 0 Å². The van der Waals surface area contributed by atoms with Crippen LogP contribution in [0.2, 0.25) is 0 Å². The SMILES string of the molecule is CCc1sc2ncnc(N3CCCC3)c2c1-c1ccc(Br)cc1. The molecular weight excluding hydrogens is 370 g/mol. The second kappa shape index (κ2) is 6.21. The summed E-state index contributed by atoms with van der Waals surface area (Å²) in [7, 11) is 0. The maximum absolute atomic E-state index is 4.65. The van der Waals surface area contributed by atoms with Crippen molar-refractivity contribution in [3.05, 3.63) is 39.9 Å². The largest absolute Gasteiger partial charge is 0.356 e. The topological polar surface area (TPSA) is 29.0 Å². The van der Waals surface area contributed by atoms with Gasteiger partial charge in [0.25, 0.3) is 0 Å². The van der Waals surface area contributed by atoms with Gasteiger partial charge in [-0.2, -0.15) is 0 Å². The summed E-state index contributed by atoms with van der Waals surface area (Å²) in [6.07, 6.45) is 5.25. The third kappa shape index (κ3) is 2.66. The van der Waals surface area contributed by atoms with Crippen LogP contribution in [-0.2, 0) is 6.42 Å². The molecule has 3 aromatic rings. The van der Waals surface area contributed by atoms with Crippen LogP contribution in [0.1, 0.15) is 24.6 Å². The Labute approximate surface area is 148 Å². The number of aromatic nitrogens is 2. The van der Waals surface area contributed by atoms with Crippen molar-refractivity contribution in [2.45, 2.75) is 26.2 Å². The van der Waals surface area contributed by atoms with Crippen molar-refractivity contribution in [3.8, 4) is 11.1 Å². The molecule has 3 heterocycles. The van der Waals surface area contributed by atoms with Crippen LogP contribution in [0.5, 0.6) is 0 Å². The molecule has 1 aromatic carbocycles. The minimum absolute atomic E-state index is 1.02. The number of rotatable bonds is 3. The highest BCUT2D eigenvalue weighted by Crippen LogP contribution is 2.42. The zero-order chi connectivity index (χ0) is 15.8. The molecule has 0 spiro atoms. The van der Waals surface area contributed by atoms with Gasteiger partial charge in [-0.05, 0) is 37.0 Å². The van der Waals surface area contributed by atoms with Gasteiger partial charge in [-0.15, -0.1) is 11.3 Å². The Balaban J connectivity index is 1.98. The first-order valence-corrected chi connectivity index (χ1v) is 9.66. The van der Waals surface area contributed by atoms with E-state index in [4.69, 9.17) is 0 Å². The number of halogens is 1. The molecule has 1 fully saturated rings. The molecule has 0 unspecified atom stereocenters. The van der Waals surface area contributed by atoms with E-state index in [2.05, 4.69) is 62.0 Å². The number of benzene rings is 1. The fourth-order valence-electron chi connectivity index (χ4n) is 3.30. The Morgan fingerprint density at radius 2 is 1.87 bits per heavy atom. The molecule has 0 aliphatic carbocycles. The standard InChI is InChI=1S/C18H18BrN3S/c1-2-14-15(12-5-7-13(19)8-6-12)16-17(22-9-3-4-10-22)20-11-21-18(16)23-14/h5-8,11H,2-4,9-10H2,1H3.